The van der Waals surface area contributed by atoms with Crippen LogP contribution in [0, 0.1) is 11.6 Å². The van der Waals surface area contributed by atoms with E-state index in [9.17, 15) is 4.79 Å². The van der Waals surface area contributed by atoms with Crippen molar-refractivity contribution in [3.63, 3.8) is 0 Å². The summed E-state index contributed by atoms with van der Waals surface area (Å²) >= 11 is 0. The molecular weight excluding hydrogens is 382 g/mol. The maximum absolute atomic E-state index is 15.1. The first-order valence-corrected chi connectivity index (χ1v) is 9.26. The molecule has 1 saturated carbocycles. The van der Waals surface area contributed by atoms with E-state index in [-0.39, 0.29) is 24.1 Å². The van der Waals surface area contributed by atoms with Crippen LogP contribution in [0.15, 0.2) is 17.3 Å². The molecular formula is C20H18F2N4O3. The van der Waals surface area contributed by atoms with E-state index in [1.54, 1.807) is 17.3 Å². The highest BCUT2D eigenvalue weighted by atomic mass is 19.1. The van der Waals surface area contributed by atoms with Crippen LogP contribution in [0.25, 0.3) is 0 Å². The van der Waals surface area contributed by atoms with Crippen LogP contribution >= 0.6 is 0 Å². The van der Waals surface area contributed by atoms with Gasteiger partial charge in [-0.05, 0) is 12.8 Å². The first-order valence-electron chi connectivity index (χ1n) is 9.26. The molecule has 9 heteroatoms. The lowest BCUT2D eigenvalue weighted by atomic mass is 10.0. The van der Waals surface area contributed by atoms with Crippen molar-refractivity contribution in [3.05, 3.63) is 40.7 Å². The summed E-state index contributed by atoms with van der Waals surface area (Å²) in [5.74, 6) is -2.30. The zero-order valence-electron chi connectivity index (χ0n) is 15.9. The number of fused-ring (bicyclic) bond motifs is 3. The molecule has 1 aromatic carbocycles. The van der Waals surface area contributed by atoms with Gasteiger partial charge in [-0.25, -0.2) is 13.6 Å². The van der Waals surface area contributed by atoms with E-state index in [0.717, 1.165) is 40.8 Å². The van der Waals surface area contributed by atoms with Gasteiger partial charge < -0.3 is 9.47 Å². The summed E-state index contributed by atoms with van der Waals surface area (Å²) in [5.41, 5.74) is 2.58. The number of carbonyl (C=O) groups is 1. The van der Waals surface area contributed by atoms with Crippen molar-refractivity contribution < 1.29 is 23.0 Å². The summed E-state index contributed by atoms with van der Waals surface area (Å²) in [4.78, 5) is 24.8. The van der Waals surface area contributed by atoms with E-state index in [0.29, 0.717) is 12.1 Å². The summed E-state index contributed by atoms with van der Waals surface area (Å²) in [6.07, 6.45) is 5.04. The lowest BCUT2D eigenvalue weighted by Gasteiger charge is -2.38. The number of hydrogen-bond acceptors (Lipinski definition) is 5. The third-order valence-corrected chi connectivity index (χ3v) is 5.45. The Morgan fingerprint density at radius 3 is 2.41 bits per heavy atom. The summed E-state index contributed by atoms with van der Waals surface area (Å²) in [6.45, 7) is 0.449. The molecule has 2 aliphatic heterocycles. The SMILES string of the molecule is COc1cc(OC)c(F)c(N2Cc3cnc4c(c3N(C3CC3)C2=O)C=NC4)c1F. The van der Waals surface area contributed by atoms with Crippen LogP contribution in [0.2, 0.25) is 0 Å². The minimum absolute atomic E-state index is 0.0109. The van der Waals surface area contributed by atoms with Crippen LogP contribution in [0.4, 0.5) is 25.0 Å². The number of methoxy groups -OCH3 is 2. The van der Waals surface area contributed by atoms with Gasteiger partial charge in [0.1, 0.15) is 5.69 Å². The van der Waals surface area contributed by atoms with Crippen LogP contribution in [-0.4, -0.2) is 37.5 Å². The molecule has 3 aliphatic rings. The van der Waals surface area contributed by atoms with Crippen molar-refractivity contribution in [3.8, 4) is 11.5 Å². The number of aromatic nitrogens is 1. The largest absolute Gasteiger partial charge is 0.493 e. The second-order valence-electron chi connectivity index (χ2n) is 7.19. The minimum Gasteiger partial charge on any atom is -0.493 e. The third kappa shape index (κ3) is 2.56. The van der Waals surface area contributed by atoms with Crippen LogP contribution in [0.1, 0.15) is 29.7 Å². The van der Waals surface area contributed by atoms with Crippen molar-refractivity contribution in [2.24, 2.45) is 4.99 Å². The predicted molar refractivity (Wildman–Crippen MR) is 102 cm³/mol. The van der Waals surface area contributed by atoms with Crippen molar-refractivity contribution in [1.29, 1.82) is 0 Å². The van der Waals surface area contributed by atoms with Crippen molar-refractivity contribution >= 4 is 23.6 Å². The van der Waals surface area contributed by atoms with E-state index in [2.05, 4.69) is 9.98 Å². The number of carbonyl (C=O) groups excluding carboxylic acids is 1. The molecule has 0 N–H and O–H groups in total. The number of benzene rings is 1. The Morgan fingerprint density at radius 2 is 1.79 bits per heavy atom. The number of anilines is 2. The summed E-state index contributed by atoms with van der Waals surface area (Å²) in [5, 5.41) is 0. The smallest absolute Gasteiger partial charge is 0.329 e. The van der Waals surface area contributed by atoms with Gasteiger partial charge in [0.2, 0.25) is 0 Å². The molecule has 2 amide bonds. The highest BCUT2D eigenvalue weighted by Gasteiger charge is 2.44. The summed E-state index contributed by atoms with van der Waals surface area (Å²) in [7, 11) is 2.55. The molecule has 0 radical (unpaired) electrons. The molecule has 7 nitrogen and oxygen atoms in total. The number of pyridine rings is 1. The molecule has 29 heavy (non-hydrogen) atoms. The van der Waals surface area contributed by atoms with Gasteiger partial charge in [0.25, 0.3) is 0 Å². The molecule has 0 spiro atoms. The predicted octanol–water partition coefficient (Wildman–Crippen LogP) is 3.42. The molecule has 5 rings (SSSR count). The Morgan fingerprint density at radius 1 is 1.10 bits per heavy atom. The zero-order chi connectivity index (χ0) is 20.3. The molecule has 0 saturated heterocycles. The molecule has 1 aliphatic carbocycles. The Hall–Kier alpha value is -3.23. The van der Waals surface area contributed by atoms with Gasteiger partial charge in [-0.3, -0.25) is 19.8 Å². The van der Waals surface area contributed by atoms with Crippen molar-refractivity contribution in [2.75, 3.05) is 24.0 Å². The number of ether oxygens (including phenoxy) is 2. The maximum atomic E-state index is 15.1. The third-order valence-electron chi connectivity index (χ3n) is 5.45. The second-order valence-corrected chi connectivity index (χ2v) is 7.19. The average Bonchev–Trinajstić information content (AvgIpc) is 3.44. The number of urea groups is 1. The Bertz CT molecular complexity index is 1040. The average molecular weight is 400 g/mol. The normalized spacial score (nSPS) is 17.4. The number of halogens is 2. The number of hydrogen-bond donors (Lipinski definition) is 0. The van der Waals surface area contributed by atoms with Crippen molar-refractivity contribution in [1.82, 2.24) is 4.98 Å². The fourth-order valence-corrected chi connectivity index (χ4v) is 3.90. The van der Waals surface area contributed by atoms with Gasteiger partial charge in [0, 0.05) is 35.6 Å². The zero-order valence-corrected chi connectivity index (χ0v) is 15.9. The minimum atomic E-state index is -0.950. The van der Waals surface area contributed by atoms with Gasteiger partial charge >= 0.3 is 6.03 Å². The Labute approximate surface area is 165 Å². The second kappa shape index (κ2) is 6.40. The summed E-state index contributed by atoms with van der Waals surface area (Å²) in [6, 6.07) is 0.630. The highest BCUT2D eigenvalue weighted by Crippen LogP contribution is 2.45. The topological polar surface area (TPSA) is 67.3 Å². The maximum Gasteiger partial charge on any atom is 0.329 e. The highest BCUT2D eigenvalue weighted by molar-refractivity contribution is 6.10. The van der Waals surface area contributed by atoms with Gasteiger partial charge in [0.05, 0.1) is 38.7 Å². The van der Waals surface area contributed by atoms with E-state index in [1.165, 1.54) is 14.2 Å². The molecule has 0 atom stereocenters. The summed E-state index contributed by atoms with van der Waals surface area (Å²) < 4.78 is 40.2. The lowest BCUT2D eigenvalue weighted by Crippen LogP contribution is -2.49. The molecule has 0 bridgehead atoms. The molecule has 150 valence electrons. The van der Waals surface area contributed by atoms with Gasteiger partial charge in [-0.1, -0.05) is 0 Å². The van der Waals surface area contributed by atoms with Crippen LogP contribution in [0.3, 0.4) is 0 Å². The molecule has 1 fully saturated rings. The van der Waals surface area contributed by atoms with Crippen LogP contribution in [0.5, 0.6) is 11.5 Å². The fourth-order valence-electron chi connectivity index (χ4n) is 3.90. The number of rotatable bonds is 4. The fraction of sp³-hybridized carbons (Fsp3) is 0.350. The van der Waals surface area contributed by atoms with E-state index >= 15 is 8.78 Å². The number of amides is 2. The molecule has 0 unspecified atom stereocenters. The first-order chi connectivity index (χ1) is 14.0. The lowest BCUT2D eigenvalue weighted by molar-refractivity contribution is 0.249. The van der Waals surface area contributed by atoms with Crippen LogP contribution < -0.4 is 19.3 Å². The Kier molecular flexibility index (Phi) is 3.94. The van der Waals surface area contributed by atoms with Crippen molar-refractivity contribution in [2.45, 2.75) is 32.0 Å². The van der Waals surface area contributed by atoms with Gasteiger partial charge in [-0.15, -0.1) is 0 Å². The number of aliphatic imine (C=N–C) groups is 1. The van der Waals surface area contributed by atoms with Gasteiger partial charge in [-0.2, -0.15) is 0 Å². The van der Waals surface area contributed by atoms with Crippen LogP contribution in [-0.2, 0) is 13.1 Å². The monoisotopic (exact) mass is 400 g/mol. The quantitative estimate of drug-likeness (QED) is 0.789. The van der Waals surface area contributed by atoms with E-state index in [1.807, 2.05) is 0 Å². The number of nitrogens with zero attached hydrogens (tertiary/aromatic N) is 4. The standard InChI is InChI=1S/C20H18F2N4O3/c1-28-14-5-15(29-2)17(22)19(16(14)21)25-9-10-6-24-13-8-23-7-12(13)18(10)26(20(25)27)11-3-4-11/h5-7,11H,3-4,8-9H2,1-2H3. The van der Waals surface area contributed by atoms with E-state index in [4.69, 9.17) is 9.47 Å². The van der Waals surface area contributed by atoms with Gasteiger partial charge in [0.15, 0.2) is 23.1 Å². The molecule has 2 aromatic rings. The molecule has 1 aromatic heterocycles. The first kappa shape index (κ1) is 17.8. The van der Waals surface area contributed by atoms with E-state index < -0.39 is 23.4 Å². The molecule has 3 heterocycles. The Balaban J connectivity index is 1.69.